The molecule has 94 valence electrons. The van der Waals surface area contributed by atoms with Gasteiger partial charge in [0, 0.05) is 20.6 Å². The minimum absolute atomic E-state index is 0.0636. The first-order valence-electron chi connectivity index (χ1n) is 5.31. The van der Waals surface area contributed by atoms with Crippen LogP contribution in [0.3, 0.4) is 0 Å². The third-order valence-electron chi connectivity index (χ3n) is 2.11. The minimum atomic E-state index is -0.867. The Kier molecular flexibility index (Phi) is 5.27. The van der Waals surface area contributed by atoms with Gasteiger partial charge in [0.2, 0.25) is 0 Å². The van der Waals surface area contributed by atoms with E-state index < -0.39 is 11.9 Å². The maximum atomic E-state index is 11.3. The highest BCUT2D eigenvalue weighted by atomic mass is 16.4. The number of nitrogens with one attached hydrogen (secondary N) is 1. The van der Waals surface area contributed by atoms with Gasteiger partial charge < -0.3 is 15.3 Å². The number of rotatable bonds is 4. The predicted octanol–water partition coefficient (Wildman–Crippen LogP) is 1.39. The Morgan fingerprint density at radius 3 is 2.12 bits per heavy atom. The first-order chi connectivity index (χ1) is 7.13. The fourth-order valence-electron chi connectivity index (χ4n) is 1.35. The lowest BCUT2D eigenvalue weighted by atomic mass is 9.84. The zero-order valence-electron chi connectivity index (χ0n) is 10.7. The van der Waals surface area contributed by atoms with Crippen LogP contribution in [0.4, 0.5) is 4.79 Å². The minimum Gasteiger partial charge on any atom is -0.481 e. The number of aliphatic carboxylic acids is 1. The first-order valence-corrected chi connectivity index (χ1v) is 5.31. The molecule has 0 fully saturated rings. The highest BCUT2D eigenvalue weighted by Crippen LogP contribution is 2.24. The van der Waals surface area contributed by atoms with Gasteiger partial charge in [-0.1, -0.05) is 20.8 Å². The summed E-state index contributed by atoms with van der Waals surface area (Å²) in [6.07, 6.45) is 0.538. The number of amides is 2. The van der Waals surface area contributed by atoms with E-state index in [9.17, 15) is 9.59 Å². The average molecular weight is 230 g/mol. The van der Waals surface area contributed by atoms with Gasteiger partial charge in [-0.2, -0.15) is 0 Å². The van der Waals surface area contributed by atoms with Crippen molar-refractivity contribution in [3.8, 4) is 0 Å². The molecule has 16 heavy (non-hydrogen) atoms. The number of urea groups is 1. The molecule has 1 unspecified atom stereocenters. The number of carboxylic acids is 1. The first kappa shape index (κ1) is 14.7. The maximum absolute atomic E-state index is 11.3. The largest absolute Gasteiger partial charge is 0.481 e. The summed E-state index contributed by atoms with van der Waals surface area (Å²) >= 11 is 0. The highest BCUT2D eigenvalue weighted by molar-refractivity contribution is 5.75. The van der Waals surface area contributed by atoms with E-state index in [1.165, 1.54) is 4.90 Å². The number of carbonyl (C=O) groups excluding carboxylic acids is 1. The zero-order chi connectivity index (χ0) is 12.9. The van der Waals surface area contributed by atoms with Gasteiger partial charge in [-0.25, -0.2) is 4.79 Å². The van der Waals surface area contributed by atoms with Gasteiger partial charge in [-0.15, -0.1) is 0 Å². The Bertz CT molecular complexity index is 256. The zero-order valence-corrected chi connectivity index (χ0v) is 10.7. The van der Waals surface area contributed by atoms with E-state index >= 15 is 0 Å². The van der Waals surface area contributed by atoms with Gasteiger partial charge >= 0.3 is 12.0 Å². The quantitative estimate of drug-likeness (QED) is 0.767. The van der Waals surface area contributed by atoms with Crippen LogP contribution >= 0.6 is 0 Å². The van der Waals surface area contributed by atoms with Crippen molar-refractivity contribution < 1.29 is 14.7 Å². The summed E-state index contributed by atoms with van der Waals surface area (Å²) in [6.45, 7) is 6.12. The fourth-order valence-corrected chi connectivity index (χ4v) is 1.35. The normalized spacial score (nSPS) is 13.1. The highest BCUT2D eigenvalue weighted by Gasteiger charge is 2.25. The average Bonchev–Trinajstić information content (AvgIpc) is 2.09. The van der Waals surface area contributed by atoms with Gasteiger partial charge in [-0.3, -0.25) is 4.79 Å². The summed E-state index contributed by atoms with van der Waals surface area (Å²) < 4.78 is 0. The second-order valence-corrected chi connectivity index (χ2v) is 5.38. The second kappa shape index (κ2) is 5.72. The van der Waals surface area contributed by atoms with Crippen molar-refractivity contribution in [2.24, 2.45) is 11.3 Å². The molecule has 0 saturated carbocycles. The molecule has 0 aromatic carbocycles. The van der Waals surface area contributed by atoms with E-state index in [2.05, 4.69) is 5.32 Å². The predicted molar refractivity (Wildman–Crippen MR) is 62.3 cm³/mol. The second-order valence-electron chi connectivity index (χ2n) is 5.38. The van der Waals surface area contributed by atoms with Crippen LogP contribution in [0.5, 0.6) is 0 Å². The molecule has 0 spiro atoms. The van der Waals surface area contributed by atoms with Crippen molar-refractivity contribution >= 4 is 12.0 Å². The summed E-state index contributed by atoms with van der Waals surface area (Å²) in [6, 6.07) is -0.264. The van der Waals surface area contributed by atoms with E-state index in [-0.39, 0.29) is 18.0 Å². The number of carboxylic acid groups (broad SMARTS) is 1. The lowest BCUT2D eigenvalue weighted by Crippen LogP contribution is -2.40. The molecule has 2 N–H and O–H groups in total. The van der Waals surface area contributed by atoms with E-state index in [0.29, 0.717) is 6.42 Å². The van der Waals surface area contributed by atoms with Crippen molar-refractivity contribution in [2.45, 2.75) is 27.2 Å². The standard InChI is InChI=1S/C11H22N2O3/c1-11(2,3)6-8(9(14)15)7-12-10(16)13(4)5/h8H,6-7H2,1-5H3,(H,12,16)(H,14,15). The van der Waals surface area contributed by atoms with Gasteiger partial charge in [0.1, 0.15) is 0 Å². The molecule has 0 bridgehead atoms. The Hall–Kier alpha value is -1.26. The van der Waals surface area contributed by atoms with Gasteiger partial charge in [0.25, 0.3) is 0 Å². The van der Waals surface area contributed by atoms with E-state index in [1.54, 1.807) is 14.1 Å². The van der Waals surface area contributed by atoms with Gasteiger partial charge in [0.15, 0.2) is 0 Å². The number of carbonyl (C=O) groups is 2. The van der Waals surface area contributed by atoms with Crippen LogP contribution in [0.25, 0.3) is 0 Å². The molecule has 0 heterocycles. The summed E-state index contributed by atoms with van der Waals surface area (Å²) in [5.74, 6) is -1.40. The molecule has 0 aliphatic rings. The van der Waals surface area contributed by atoms with Crippen LogP contribution in [-0.2, 0) is 4.79 Å². The maximum Gasteiger partial charge on any atom is 0.316 e. The molecule has 5 nitrogen and oxygen atoms in total. The van der Waals surface area contributed by atoms with Crippen LogP contribution < -0.4 is 5.32 Å². The van der Waals surface area contributed by atoms with E-state index in [1.807, 2.05) is 20.8 Å². The van der Waals surface area contributed by atoms with E-state index in [4.69, 9.17) is 5.11 Å². The Morgan fingerprint density at radius 2 is 1.81 bits per heavy atom. The lowest BCUT2D eigenvalue weighted by Gasteiger charge is -2.24. The van der Waals surface area contributed by atoms with Crippen LogP contribution in [-0.4, -0.2) is 42.6 Å². The van der Waals surface area contributed by atoms with Crippen molar-refractivity contribution in [1.29, 1.82) is 0 Å². The number of hydrogen-bond acceptors (Lipinski definition) is 2. The molecule has 0 aromatic rings. The number of hydrogen-bond donors (Lipinski definition) is 2. The van der Waals surface area contributed by atoms with Gasteiger partial charge in [-0.05, 0) is 11.8 Å². The molecule has 1 atom stereocenters. The fraction of sp³-hybridized carbons (Fsp3) is 0.818. The summed E-state index contributed by atoms with van der Waals surface area (Å²) in [7, 11) is 3.24. The van der Waals surface area contributed by atoms with E-state index in [0.717, 1.165) is 0 Å². The molecule has 0 saturated heterocycles. The molecule has 0 radical (unpaired) electrons. The van der Waals surface area contributed by atoms with Crippen molar-refractivity contribution in [3.05, 3.63) is 0 Å². The SMILES string of the molecule is CN(C)C(=O)NCC(CC(C)(C)C)C(=O)O. The molecule has 0 aliphatic heterocycles. The van der Waals surface area contributed by atoms with Crippen LogP contribution in [0.1, 0.15) is 27.2 Å². The Morgan fingerprint density at radius 1 is 1.31 bits per heavy atom. The monoisotopic (exact) mass is 230 g/mol. The molecule has 5 heteroatoms. The van der Waals surface area contributed by atoms with Crippen LogP contribution in [0.15, 0.2) is 0 Å². The van der Waals surface area contributed by atoms with Gasteiger partial charge in [0.05, 0.1) is 5.92 Å². The molecule has 0 aliphatic carbocycles. The summed E-state index contributed by atoms with van der Waals surface area (Å²) in [5.41, 5.74) is -0.0636. The Labute approximate surface area is 96.8 Å². The van der Waals surface area contributed by atoms with Crippen molar-refractivity contribution in [3.63, 3.8) is 0 Å². The van der Waals surface area contributed by atoms with Crippen molar-refractivity contribution in [2.75, 3.05) is 20.6 Å². The molecule has 0 aromatic heterocycles. The Balaban J connectivity index is 4.26. The van der Waals surface area contributed by atoms with Crippen LogP contribution in [0, 0.1) is 11.3 Å². The number of nitrogens with zero attached hydrogens (tertiary/aromatic N) is 1. The van der Waals surface area contributed by atoms with Crippen LogP contribution in [0.2, 0.25) is 0 Å². The molecule has 0 rings (SSSR count). The topological polar surface area (TPSA) is 69.6 Å². The smallest absolute Gasteiger partial charge is 0.316 e. The van der Waals surface area contributed by atoms with Crippen molar-refractivity contribution in [1.82, 2.24) is 10.2 Å². The summed E-state index contributed by atoms with van der Waals surface area (Å²) in [5, 5.41) is 11.6. The summed E-state index contributed by atoms with van der Waals surface area (Å²) in [4.78, 5) is 23.6. The molecule has 2 amide bonds. The third kappa shape index (κ3) is 6.27. The third-order valence-corrected chi connectivity index (χ3v) is 2.11. The lowest BCUT2D eigenvalue weighted by molar-refractivity contribution is -0.142. The molecular formula is C11H22N2O3. The molecular weight excluding hydrogens is 208 g/mol.